The van der Waals surface area contributed by atoms with Gasteiger partial charge < -0.3 is 11.1 Å². The number of carbonyl (C=O) groups excluding carboxylic acids is 1. The maximum Gasteiger partial charge on any atom is 0.252 e. The average molecular weight is 315 g/mol. The molecule has 98 valence electrons. The van der Waals surface area contributed by atoms with Crippen molar-refractivity contribution >= 4 is 27.5 Å². The zero-order valence-electron chi connectivity index (χ0n) is 10.2. The second kappa shape index (κ2) is 5.26. The van der Waals surface area contributed by atoms with Crippen molar-refractivity contribution in [3.05, 3.63) is 28.0 Å². The third kappa shape index (κ3) is 2.83. The van der Waals surface area contributed by atoms with Gasteiger partial charge in [-0.2, -0.15) is 0 Å². The molecule has 1 saturated carbocycles. The van der Waals surface area contributed by atoms with E-state index in [1.54, 1.807) is 0 Å². The first kappa shape index (κ1) is 13.3. The molecule has 1 aliphatic carbocycles. The summed E-state index contributed by atoms with van der Waals surface area (Å²) in [5.74, 6) is -0.124. The number of halogens is 2. The van der Waals surface area contributed by atoms with E-state index < -0.39 is 5.82 Å². The van der Waals surface area contributed by atoms with Gasteiger partial charge in [0.25, 0.3) is 5.91 Å². The molecule has 1 amide bonds. The van der Waals surface area contributed by atoms with Crippen molar-refractivity contribution in [3.8, 4) is 0 Å². The lowest BCUT2D eigenvalue weighted by Gasteiger charge is -2.08. The molecule has 0 bridgehead atoms. The van der Waals surface area contributed by atoms with Gasteiger partial charge in [-0.1, -0.05) is 13.3 Å². The average Bonchev–Trinajstić information content (AvgIpc) is 3.02. The van der Waals surface area contributed by atoms with Gasteiger partial charge in [-0.05, 0) is 46.8 Å². The molecule has 2 rings (SSSR count). The Labute approximate surface area is 114 Å². The number of amides is 1. The van der Waals surface area contributed by atoms with Crippen molar-refractivity contribution in [1.29, 1.82) is 0 Å². The molecule has 0 saturated heterocycles. The summed E-state index contributed by atoms with van der Waals surface area (Å²) in [5, 5.41) is 2.95. The number of nitrogens with two attached hydrogens (primary N) is 1. The number of carbonyl (C=O) groups is 1. The lowest BCUT2D eigenvalue weighted by Crippen LogP contribution is -2.27. The number of rotatable bonds is 4. The second-order valence-electron chi connectivity index (χ2n) is 4.72. The summed E-state index contributed by atoms with van der Waals surface area (Å²) in [7, 11) is 0. The summed E-state index contributed by atoms with van der Waals surface area (Å²) in [5.41, 5.74) is 5.85. The largest absolute Gasteiger partial charge is 0.396 e. The van der Waals surface area contributed by atoms with E-state index in [4.69, 9.17) is 5.73 Å². The lowest BCUT2D eigenvalue weighted by atomic mass is 10.1. The molecular formula is C13H16BrFN2O. The van der Waals surface area contributed by atoms with E-state index >= 15 is 0 Å². The van der Waals surface area contributed by atoms with Crippen LogP contribution < -0.4 is 11.1 Å². The van der Waals surface area contributed by atoms with Crippen LogP contribution in [0.4, 0.5) is 10.1 Å². The van der Waals surface area contributed by atoms with Crippen molar-refractivity contribution in [2.45, 2.75) is 32.2 Å². The van der Waals surface area contributed by atoms with Crippen molar-refractivity contribution in [2.75, 3.05) is 5.73 Å². The fourth-order valence-corrected chi connectivity index (χ4v) is 2.60. The summed E-state index contributed by atoms with van der Waals surface area (Å²) in [4.78, 5) is 12.0. The van der Waals surface area contributed by atoms with Crippen LogP contribution >= 0.6 is 15.9 Å². The SMILES string of the molecule is CCCC1CC1NC(=O)c1cc(N)c(F)cc1Br. The van der Waals surface area contributed by atoms with Crippen molar-refractivity contribution in [3.63, 3.8) is 0 Å². The highest BCUT2D eigenvalue weighted by Crippen LogP contribution is 2.35. The van der Waals surface area contributed by atoms with E-state index in [9.17, 15) is 9.18 Å². The monoisotopic (exact) mass is 314 g/mol. The summed E-state index contributed by atoms with van der Waals surface area (Å²) < 4.78 is 13.6. The van der Waals surface area contributed by atoms with Crippen LogP contribution in [0.3, 0.4) is 0 Å². The number of anilines is 1. The molecule has 1 aromatic rings. The molecule has 18 heavy (non-hydrogen) atoms. The zero-order chi connectivity index (χ0) is 13.3. The third-order valence-corrected chi connectivity index (χ3v) is 3.89. The number of hydrogen-bond acceptors (Lipinski definition) is 2. The zero-order valence-corrected chi connectivity index (χ0v) is 11.8. The minimum Gasteiger partial charge on any atom is -0.396 e. The maximum atomic E-state index is 13.2. The Kier molecular flexibility index (Phi) is 3.90. The van der Waals surface area contributed by atoms with E-state index in [0.29, 0.717) is 16.0 Å². The van der Waals surface area contributed by atoms with Crippen molar-refractivity contribution < 1.29 is 9.18 Å². The molecule has 2 unspecified atom stereocenters. The number of nitrogen functional groups attached to an aromatic ring is 1. The Morgan fingerprint density at radius 2 is 2.33 bits per heavy atom. The molecule has 0 radical (unpaired) electrons. The predicted molar refractivity (Wildman–Crippen MR) is 72.8 cm³/mol. The van der Waals surface area contributed by atoms with Gasteiger partial charge in [0.2, 0.25) is 0 Å². The quantitative estimate of drug-likeness (QED) is 0.839. The normalized spacial score (nSPS) is 21.7. The Morgan fingerprint density at radius 1 is 1.61 bits per heavy atom. The van der Waals surface area contributed by atoms with Crippen molar-refractivity contribution in [1.82, 2.24) is 5.32 Å². The van der Waals surface area contributed by atoms with Gasteiger partial charge >= 0.3 is 0 Å². The van der Waals surface area contributed by atoms with E-state index in [2.05, 4.69) is 28.2 Å². The molecule has 0 spiro atoms. The van der Waals surface area contributed by atoms with E-state index in [-0.39, 0.29) is 17.6 Å². The van der Waals surface area contributed by atoms with Crippen LogP contribution in [0.15, 0.2) is 16.6 Å². The number of benzene rings is 1. The Morgan fingerprint density at radius 3 is 3.00 bits per heavy atom. The van der Waals surface area contributed by atoms with Gasteiger partial charge in [0.1, 0.15) is 5.82 Å². The molecule has 3 N–H and O–H groups in total. The minimum atomic E-state index is -0.520. The third-order valence-electron chi connectivity index (χ3n) is 3.23. The molecule has 2 atom stereocenters. The highest BCUT2D eigenvalue weighted by molar-refractivity contribution is 9.10. The summed E-state index contributed by atoms with van der Waals surface area (Å²) in [6.45, 7) is 2.13. The molecule has 1 aromatic carbocycles. The predicted octanol–water partition coefficient (Wildman–Crippen LogP) is 3.09. The summed E-state index contributed by atoms with van der Waals surface area (Å²) in [6, 6.07) is 2.85. The summed E-state index contributed by atoms with van der Waals surface area (Å²) >= 11 is 3.18. The molecule has 0 heterocycles. The van der Waals surface area contributed by atoms with E-state index in [1.807, 2.05) is 0 Å². The van der Waals surface area contributed by atoms with Gasteiger partial charge in [0, 0.05) is 10.5 Å². The van der Waals surface area contributed by atoms with Crippen LogP contribution in [0, 0.1) is 11.7 Å². The standard InChI is InChI=1S/C13H16BrFN2O/c1-2-3-7-4-12(7)17-13(18)8-5-11(16)10(15)6-9(8)14/h5-7,12H,2-4,16H2,1H3,(H,17,18). The molecule has 1 aliphatic rings. The van der Waals surface area contributed by atoms with Gasteiger partial charge in [0.15, 0.2) is 0 Å². The first-order valence-electron chi connectivity index (χ1n) is 6.08. The molecular weight excluding hydrogens is 299 g/mol. The van der Waals surface area contributed by atoms with Crippen LogP contribution in [0.2, 0.25) is 0 Å². The van der Waals surface area contributed by atoms with Gasteiger partial charge in [-0.25, -0.2) is 4.39 Å². The fourth-order valence-electron chi connectivity index (χ4n) is 2.10. The highest BCUT2D eigenvalue weighted by Gasteiger charge is 2.37. The maximum absolute atomic E-state index is 13.2. The van der Waals surface area contributed by atoms with Gasteiger partial charge in [-0.3, -0.25) is 4.79 Å². The fraction of sp³-hybridized carbons (Fsp3) is 0.462. The highest BCUT2D eigenvalue weighted by atomic mass is 79.9. The molecule has 0 aliphatic heterocycles. The van der Waals surface area contributed by atoms with Gasteiger partial charge in [-0.15, -0.1) is 0 Å². The number of nitrogens with one attached hydrogen (secondary N) is 1. The molecule has 3 nitrogen and oxygen atoms in total. The minimum absolute atomic E-state index is 0.00995. The smallest absolute Gasteiger partial charge is 0.252 e. The first-order chi connectivity index (χ1) is 8.52. The Hall–Kier alpha value is -1.10. The Balaban J connectivity index is 2.04. The Bertz CT molecular complexity index is 478. The first-order valence-corrected chi connectivity index (χ1v) is 6.87. The molecule has 0 aromatic heterocycles. The lowest BCUT2D eigenvalue weighted by molar-refractivity contribution is 0.0948. The van der Waals surface area contributed by atoms with Crippen LogP contribution in [-0.4, -0.2) is 11.9 Å². The van der Waals surface area contributed by atoms with E-state index in [1.165, 1.54) is 12.1 Å². The molecule has 1 fully saturated rings. The van der Waals surface area contributed by atoms with Crippen LogP contribution in [-0.2, 0) is 0 Å². The van der Waals surface area contributed by atoms with Crippen LogP contribution in [0.5, 0.6) is 0 Å². The van der Waals surface area contributed by atoms with Crippen LogP contribution in [0.25, 0.3) is 0 Å². The van der Waals surface area contributed by atoms with Crippen molar-refractivity contribution in [2.24, 2.45) is 5.92 Å². The number of hydrogen-bond donors (Lipinski definition) is 2. The summed E-state index contributed by atoms with van der Waals surface area (Å²) in [6.07, 6.45) is 3.30. The molecule has 5 heteroatoms. The topological polar surface area (TPSA) is 55.1 Å². The van der Waals surface area contributed by atoms with E-state index in [0.717, 1.165) is 19.3 Å². The van der Waals surface area contributed by atoms with Gasteiger partial charge in [0.05, 0.1) is 11.3 Å². The second-order valence-corrected chi connectivity index (χ2v) is 5.57. The van der Waals surface area contributed by atoms with Crippen LogP contribution in [0.1, 0.15) is 36.5 Å².